The number of hydrogen-bond acceptors (Lipinski definition) is 4. The second kappa shape index (κ2) is 9.13. The minimum atomic E-state index is -4.11. The van der Waals surface area contributed by atoms with Crippen LogP contribution in [-0.2, 0) is 10.0 Å². The van der Waals surface area contributed by atoms with Gasteiger partial charge in [0.15, 0.2) is 5.75 Å². The third-order valence-electron chi connectivity index (χ3n) is 4.32. The molecule has 162 valence electrons. The Morgan fingerprint density at radius 2 is 1.68 bits per heavy atom. The van der Waals surface area contributed by atoms with Crippen molar-refractivity contribution >= 4 is 50.5 Å². The van der Waals surface area contributed by atoms with Gasteiger partial charge >= 0.3 is 0 Å². The molecule has 0 atom stereocenters. The van der Waals surface area contributed by atoms with Gasteiger partial charge in [-0.2, -0.15) is 0 Å². The molecule has 0 spiro atoms. The van der Waals surface area contributed by atoms with Crippen LogP contribution < -0.4 is 14.8 Å². The fraction of sp³-hybridized carbons (Fsp3) is 0.0952. The molecule has 0 unspecified atom stereocenters. The zero-order valence-electron chi connectivity index (χ0n) is 16.4. The topological polar surface area (TPSA) is 84.5 Å². The number of sulfonamides is 1. The molecular formula is C21H17Cl2FN2O4S. The van der Waals surface area contributed by atoms with Gasteiger partial charge in [0.1, 0.15) is 5.82 Å². The summed E-state index contributed by atoms with van der Waals surface area (Å²) in [7, 11) is -2.71. The second-order valence-corrected chi connectivity index (χ2v) is 8.96. The number of rotatable bonds is 6. The van der Waals surface area contributed by atoms with Gasteiger partial charge in [-0.1, -0.05) is 41.4 Å². The Balaban J connectivity index is 1.89. The summed E-state index contributed by atoms with van der Waals surface area (Å²) in [6.45, 7) is 1.59. The van der Waals surface area contributed by atoms with Crippen molar-refractivity contribution in [1.82, 2.24) is 0 Å². The number of methoxy groups -OCH3 is 1. The van der Waals surface area contributed by atoms with E-state index in [1.165, 1.54) is 49.6 Å². The summed E-state index contributed by atoms with van der Waals surface area (Å²) in [5.41, 5.74) is 0.606. The first-order valence-electron chi connectivity index (χ1n) is 8.85. The molecule has 0 fully saturated rings. The highest BCUT2D eigenvalue weighted by Gasteiger charge is 2.20. The van der Waals surface area contributed by atoms with E-state index in [4.69, 9.17) is 27.9 Å². The van der Waals surface area contributed by atoms with Crippen LogP contribution in [-0.4, -0.2) is 21.4 Å². The Morgan fingerprint density at radius 1 is 1.03 bits per heavy atom. The van der Waals surface area contributed by atoms with E-state index >= 15 is 0 Å². The lowest BCUT2D eigenvalue weighted by atomic mass is 10.2. The van der Waals surface area contributed by atoms with E-state index in [2.05, 4.69) is 10.0 Å². The maximum absolute atomic E-state index is 13.9. The summed E-state index contributed by atoms with van der Waals surface area (Å²) in [5.74, 6) is -1.02. The number of amides is 1. The quantitative estimate of drug-likeness (QED) is 0.485. The molecule has 0 saturated carbocycles. The highest BCUT2D eigenvalue weighted by molar-refractivity contribution is 7.92. The van der Waals surface area contributed by atoms with Gasteiger partial charge in [-0.3, -0.25) is 9.52 Å². The summed E-state index contributed by atoms with van der Waals surface area (Å²) in [4.78, 5) is 12.5. The number of hydrogen-bond donors (Lipinski definition) is 2. The molecule has 10 heteroatoms. The number of aryl methyl sites for hydroxylation is 1. The maximum Gasteiger partial charge on any atom is 0.262 e. The Hall–Kier alpha value is -2.81. The highest BCUT2D eigenvalue weighted by Crippen LogP contribution is 2.34. The molecule has 0 aliphatic rings. The zero-order valence-corrected chi connectivity index (χ0v) is 18.7. The van der Waals surface area contributed by atoms with Gasteiger partial charge in [-0.25, -0.2) is 12.8 Å². The van der Waals surface area contributed by atoms with Gasteiger partial charge < -0.3 is 10.1 Å². The third kappa shape index (κ3) is 5.10. The first kappa shape index (κ1) is 22.9. The van der Waals surface area contributed by atoms with Gasteiger partial charge in [0, 0.05) is 11.3 Å². The molecule has 2 N–H and O–H groups in total. The van der Waals surface area contributed by atoms with Crippen LogP contribution in [0.2, 0.25) is 10.0 Å². The fourth-order valence-corrected chi connectivity index (χ4v) is 4.78. The molecule has 0 aromatic heterocycles. The minimum absolute atomic E-state index is 0.112. The van der Waals surface area contributed by atoms with E-state index in [0.29, 0.717) is 5.56 Å². The number of nitrogens with one attached hydrogen (secondary N) is 2. The molecule has 0 bridgehead atoms. The van der Waals surface area contributed by atoms with Crippen molar-refractivity contribution in [2.75, 3.05) is 17.1 Å². The lowest BCUT2D eigenvalue weighted by Crippen LogP contribution is -2.17. The summed E-state index contributed by atoms with van der Waals surface area (Å²) < 4.78 is 46.8. The van der Waals surface area contributed by atoms with Crippen molar-refractivity contribution in [3.63, 3.8) is 0 Å². The normalized spacial score (nSPS) is 11.1. The van der Waals surface area contributed by atoms with Gasteiger partial charge in [0.25, 0.3) is 15.9 Å². The van der Waals surface area contributed by atoms with Crippen molar-refractivity contribution in [2.24, 2.45) is 0 Å². The van der Waals surface area contributed by atoms with Gasteiger partial charge in [0.2, 0.25) is 0 Å². The van der Waals surface area contributed by atoms with Gasteiger partial charge in [0.05, 0.1) is 27.7 Å². The smallest absolute Gasteiger partial charge is 0.262 e. The number of benzene rings is 3. The van der Waals surface area contributed by atoms with Crippen molar-refractivity contribution < 1.29 is 22.3 Å². The molecule has 3 aromatic carbocycles. The van der Waals surface area contributed by atoms with Crippen LogP contribution in [0.5, 0.6) is 5.75 Å². The predicted molar refractivity (Wildman–Crippen MR) is 119 cm³/mol. The van der Waals surface area contributed by atoms with E-state index in [1.807, 2.05) is 0 Å². The molecule has 1 amide bonds. The van der Waals surface area contributed by atoms with E-state index < -0.39 is 21.7 Å². The van der Waals surface area contributed by atoms with Gasteiger partial charge in [-0.05, 0) is 48.9 Å². The standard InChI is InChI=1S/C21H17Cl2FN2O4S/c1-12-7-8-14(25-21(27)13-9-15(22)20(30-2)16(23)10-13)11-19(12)31(28,29)26-18-6-4-3-5-17(18)24/h3-11,26H,1-2H3,(H,25,27). The van der Waals surface area contributed by atoms with Crippen LogP contribution in [0.25, 0.3) is 0 Å². The minimum Gasteiger partial charge on any atom is -0.494 e. The number of anilines is 2. The van der Waals surface area contributed by atoms with Crippen LogP contribution in [0.15, 0.2) is 59.5 Å². The molecule has 0 heterocycles. The molecule has 3 aromatic rings. The largest absolute Gasteiger partial charge is 0.494 e. The summed E-state index contributed by atoms with van der Waals surface area (Å²) in [6.07, 6.45) is 0. The first-order valence-corrected chi connectivity index (χ1v) is 11.1. The summed E-state index contributed by atoms with van der Waals surface area (Å²) >= 11 is 12.1. The number of carbonyl (C=O) groups excluding carboxylic acids is 1. The molecule has 31 heavy (non-hydrogen) atoms. The Labute approximate surface area is 189 Å². The van der Waals surface area contributed by atoms with Crippen LogP contribution in [0.4, 0.5) is 15.8 Å². The van der Waals surface area contributed by atoms with Crippen molar-refractivity contribution in [3.05, 3.63) is 81.6 Å². The van der Waals surface area contributed by atoms with E-state index in [1.54, 1.807) is 13.0 Å². The molecule has 6 nitrogen and oxygen atoms in total. The number of halogens is 3. The van der Waals surface area contributed by atoms with E-state index in [-0.39, 0.29) is 37.6 Å². The Kier molecular flexibility index (Phi) is 6.74. The zero-order chi connectivity index (χ0) is 22.8. The van der Waals surface area contributed by atoms with Crippen molar-refractivity contribution in [3.8, 4) is 5.75 Å². The molecular weight excluding hydrogens is 466 g/mol. The molecule has 0 radical (unpaired) electrons. The van der Waals surface area contributed by atoms with Crippen molar-refractivity contribution in [2.45, 2.75) is 11.8 Å². The molecule has 0 aliphatic heterocycles. The lowest BCUT2D eigenvalue weighted by molar-refractivity contribution is 0.102. The lowest BCUT2D eigenvalue weighted by Gasteiger charge is -2.13. The van der Waals surface area contributed by atoms with Crippen LogP contribution in [0, 0.1) is 12.7 Å². The predicted octanol–water partition coefficient (Wildman–Crippen LogP) is 5.50. The van der Waals surface area contributed by atoms with Crippen molar-refractivity contribution in [1.29, 1.82) is 0 Å². The number of carbonyl (C=O) groups is 1. The average molecular weight is 483 g/mol. The van der Waals surface area contributed by atoms with Gasteiger partial charge in [-0.15, -0.1) is 0 Å². The maximum atomic E-state index is 13.9. The highest BCUT2D eigenvalue weighted by atomic mass is 35.5. The first-order chi connectivity index (χ1) is 14.6. The van der Waals surface area contributed by atoms with Crippen LogP contribution in [0.3, 0.4) is 0 Å². The molecule has 0 aliphatic carbocycles. The number of ether oxygens (including phenoxy) is 1. The summed E-state index contributed by atoms with van der Waals surface area (Å²) in [5, 5.41) is 2.91. The Bertz CT molecular complexity index is 1240. The van der Waals surface area contributed by atoms with E-state index in [0.717, 1.165) is 6.07 Å². The Morgan fingerprint density at radius 3 is 2.29 bits per heavy atom. The number of para-hydroxylation sites is 1. The SMILES string of the molecule is COc1c(Cl)cc(C(=O)Nc2ccc(C)c(S(=O)(=O)Nc3ccccc3F)c2)cc1Cl. The fourth-order valence-electron chi connectivity index (χ4n) is 2.80. The second-order valence-electron chi connectivity index (χ2n) is 6.49. The monoisotopic (exact) mass is 482 g/mol. The average Bonchev–Trinajstić information content (AvgIpc) is 2.70. The third-order valence-corrected chi connectivity index (χ3v) is 6.39. The molecule has 0 saturated heterocycles. The van der Waals surface area contributed by atoms with E-state index in [9.17, 15) is 17.6 Å². The molecule has 3 rings (SSSR count). The van der Waals surface area contributed by atoms with Crippen LogP contribution >= 0.6 is 23.2 Å². The summed E-state index contributed by atoms with van der Waals surface area (Å²) in [6, 6.07) is 12.5. The van der Waals surface area contributed by atoms with Crippen LogP contribution in [0.1, 0.15) is 15.9 Å².